The molecule has 0 spiro atoms. The first-order valence-corrected chi connectivity index (χ1v) is 4.35. The normalized spacial score (nSPS) is 10.9. The molecule has 0 aliphatic heterocycles. The number of benzene rings is 1. The van der Waals surface area contributed by atoms with Crippen molar-refractivity contribution in [2.24, 2.45) is 0 Å². The molecule has 0 saturated heterocycles. The van der Waals surface area contributed by atoms with Crippen molar-refractivity contribution in [2.45, 2.75) is 0 Å². The van der Waals surface area contributed by atoms with Gasteiger partial charge in [-0.1, -0.05) is 12.1 Å². The van der Waals surface area contributed by atoms with Crippen LogP contribution in [0.1, 0.15) is 5.56 Å². The first kappa shape index (κ1) is 12.4. The minimum Gasteiger partial charge on any atom is -0.507 e. The lowest BCUT2D eigenvalue weighted by Crippen LogP contribution is -2.09. The van der Waals surface area contributed by atoms with Crippen molar-refractivity contribution >= 4 is 23.2 Å². The standard InChI is InChI=1S/C10H7NO6/c12-8(5-9(13)10(14)15)6-3-1-2-4-7(6)11(16)17/h1-5,12H,(H,14,15)/b8-5-. The number of para-hydroxylation sites is 1. The Bertz CT molecular complexity index is 519. The number of carboxylic acids is 1. The van der Waals surface area contributed by atoms with E-state index in [1.165, 1.54) is 18.2 Å². The van der Waals surface area contributed by atoms with Crippen molar-refractivity contribution in [2.75, 3.05) is 0 Å². The highest BCUT2D eigenvalue weighted by molar-refractivity contribution is 6.38. The Morgan fingerprint density at radius 1 is 1.24 bits per heavy atom. The molecular formula is C10H7NO6. The molecule has 0 aliphatic carbocycles. The first-order chi connectivity index (χ1) is 7.93. The van der Waals surface area contributed by atoms with Crippen molar-refractivity contribution in [1.82, 2.24) is 0 Å². The molecule has 7 heteroatoms. The topological polar surface area (TPSA) is 118 Å². The molecule has 0 heterocycles. The van der Waals surface area contributed by atoms with E-state index in [-0.39, 0.29) is 5.56 Å². The van der Waals surface area contributed by atoms with Crippen LogP contribution >= 0.6 is 0 Å². The molecule has 1 aromatic carbocycles. The Hall–Kier alpha value is -2.70. The maximum Gasteiger partial charge on any atom is 0.376 e. The van der Waals surface area contributed by atoms with Gasteiger partial charge in [0.15, 0.2) is 0 Å². The number of rotatable bonds is 4. The SMILES string of the molecule is O=C(O)C(=O)/C=C(\O)c1ccccc1[N+](=O)[O-]. The van der Waals surface area contributed by atoms with Gasteiger partial charge in [-0.25, -0.2) is 4.79 Å². The van der Waals surface area contributed by atoms with E-state index in [1.807, 2.05) is 0 Å². The number of aliphatic hydroxyl groups excluding tert-OH is 1. The fourth-order valence-corrected chi connectivity index (χ4v) is 1.11. The summed E-state index contributed by atoms with van der Waals surface area (Å²) in [5.41, 5.74) is -0.633. The summed E-state index contributed by atoms with van der Waals surface area (Å²) >= 11 is 0. The minimum absolute atomic E-state index is 0.216. The molecule has 0 amide bonds. The van der Waals surface area contributed by atoms with Gasteiger partial charge in [0.2, 0.25) is 0 Å². The van der Waals surface area contributed by atoms with Gasteiger partial charge in [-0.3, -0.25) is 14.9 Å². The van der Waals surface area contributed by atoms with Crippen LogP contribution in [0.2, 0.25) is 0 Å². The third-order valence-electron chi connectivity index (χ3n) is 1.86. The number of carbonyl (C=O) groups is 2. The molecule has 1 aromatic rings. The number of ketones is 1. The summed E-state index contributed by atoms with van der Waals surface area (Å²) in [6, 6.07) is 5.13. The van der Waals surface area contributed by atoms with E-state index >= 15 is 0 Å². The molecule has 2 N–H and O–H groups in total. The third kappa shape index (κ3) is 2.88. The van der Waals surface area contributed by atoms with Crippen LogP contribution < -0.4 is 0 Å². The van der Waals surface area contributed by atoms with Gasteiger partial charge in [-0.05, 0) is 6.07 Å². The zero-order valence-electron chi connectivity index (χ0n) is 8.36. The lowest BCUT2D eigenvalue weighted by atomic mass is 10.1. The van der Waals surface area contributed by atoms with Gasteiger partial charge in [0.1, 0.15) is 5.76 Å². The number of carboxylic acid groups (broad SMARTS) is 1. The Morgan fingerprint density at radius 2 is 1.82 bits per heavy atom. The van der Waals surface area contributed by atoms with E-state index < -0.39 is 28.1 Å². The molecule has 0 unspecified atom stereocenters. The van der Waals surface area contributed by atoms with Gasteiger partial charge >= 0.3 is 5.97 Å². The fourth-order valence-electron chi connectivity index (χ4n) is 1.11. The number of hydrogen-bond donors (Lipinski definition) is 2. The second-order valence-electron chi connectivity index (χ2n) is 2.97. The second-order valence-corrected chi connectivity index (χ2v) is 2.97. The molecule has 0 radical (unpaired) electrons. The average molecular weight is 237 g/mol. The zero-order valence-corrected chi connectivity index (χ0v) is 8.36. The van der Waals surface area contributed by atoms with Gasteiger partial charge in [-0.2, -0.15) is 0 Å². The van der Waals surface area contributed by atoms with Crippen LogP contribution in [0.5, 0.6) is 0 Å². The van der Waals surface area contributed by atoms with E-state index in [0.717, 1.165) is 6.07 Å². The van der Waals surface area contributed by atoms with Gasteiger partial charge in [-0.15, -0.1) is 0 Å². The van der Waals surface area contributed by atoms with Crippen molar-refractivity contribution in [3.63, 3.8) is 0 Å². The quantitative estimate of drug-likeness (QED) is 0.266. The Labute approximate surface area is 94.8 Å². The number of carbonyl (C=O) groups excluding carboxylic acids is 1. The highest BCUT2D eigenvalue weighted by atomic mass is 16.6. The van der Waals surface area contributed by atoms with E-state index in [4.69, 9.17) is 5.11 Å². The summed E-state index contributed by atoms with van der Waals surface area (Å²) in [5, 5.41) is 28.4. The lowest BCUT2D eigenvalue weighted by Gasteiger charge is -2.00. The molecule has 17 heavy (non-hydrogen) atoms. The predicted octanol–water partition coefficient (Wildman–Crippen LogP) is 1.15. The highest BCUT2D eigenvalue weighted by Crippen LogP contribution is 2.23. The van der Waals surface area contributed by atoms with E-state index in [1.54, 1.807) is 0 Å². The van der Waals surface area contributed by atoms with Crippen LogP contribution in [0.4, 0.5) is 5.69 Å². The van der Waals surface area contributed by atoms with Crippen molar-refractivity contribution in [3.05, 3.63) is 46.0 Å². The molecular weight excluding hydrogens is 230 g/mol. The number of nitro groups is 1. The molecule has 0 saturated carbocycles. The smallest absolute Gasteiger partial charge is 0.376 e. The molecule has 1 rings (SSSR count). The maximum absolute atomic E-state index is 10.8. The molecule has 0 atom stereocenters. The van der Waals surface area contributed by atoms with Crippen LogP contribution in [0.15, 0.2) is 30.3 Å². The van der Waals surface area contributed by atoms with E-state index in [9.17, 15) is 24.8 Å². The van der Waals surface area contributed by atoms with Crippen LogP contribution in [-0.4, -0.2) is 26.9 Å². The number of aliphatic hydroxyl groups is 1. The van der Waals surface area contributed by atoms with Crippen LogP contribution in [0, 0.1) is 10.1 Å². The van der Waals surface area contributed by atoms with Gasteiger partial charge in [0.25, 0.3) is 11.5 Å². The molecule has 0 aromatic heterocycles. The number of aliphatic carboxylic acids is 1. The molecule has 0 bridgehead atoms. The van der Waals surface area contributed by atoms with Crippen LogP contribution in [-0.2, 0) is 9.59 Å². The highest BCUT2D eigenvalue weighted by Gasteiger charge is 2.18. The summed E-state index contributed by atoms with van der Waals surface area (Å²) in [7, 11) is 0. The first-order valence-electron chi connectivity index (χ1n) is 4.35. The Balaban J connectivity index is 3.21. The zero-order chi connectivity index (χ0) is 13.0. The predicted molar refractivity (Wildman–Crippen MR) is 56.3 cm³/mol. The lowest BCUT2D eigenvalue weighted by molar-refractivity contribution is -0.385. The second kappa shape index (κ2) is 4.88. The summed E-state index contributed by atoms with van der Waals surface area (Å²) in [5.74, 6) is -3.87. The summed E-state index contributed by atoms with van der Waals surface area (Å²) in [4.78, 5) is 30.9. The van der Waals surface area contributed by atoms with Gasteiger partial charge < -0.3 is 10.2 Å². The summed E-state index contributed by atoms with van der Waals surface area (Å²) in [6.45, 7) is 0. The monoisotopic (exact) mass is 237 g/mol. The van der Waals surface area contributed by atoms with Crippen molar-refractivity contribution in [1.29, 1.82) is 0 Å². The van der Waals surface area contributed by atoms with E-state index in [2.05, 4.69) is 0 Å². The van der Waals surface area contributed by atoms with Crippen LogP contribution in [0.25, 0.3) is 5.76 Å². The maximum atomic E-state index is 10.8. The number of nitro benzene ring substituents is 1. The molecule has 88 valence electrons. The Kier molecular flexibility index (Phi) is 3.55. The van der Waals surface area contributed by atoms with Crippen molar-refractivity contribution < 1.29 is 24.7 Å². The summed E-state index contributed by atoms with van der Waals surface area (Å²) in [6.07, 6.45) is 0.421. The number of nitrogens with zero attached hydrogens (tertiary/aromatic N) is 1. The van der Waals surface area contributed by atoms with Crippen molar-refractivity contribution in [3.8, 4) is 0 Å². The summed E-state index contributed by atoms with van der Waals surface area (Å²) < 4.78 is 0. The number of hydrogen-bond acceptors (Lipinski definition) is 5. The molecule has 0 fully saturated rings. The largest absolute Gasteiger partial charge is 0.507 e. The van der Waals surface area contributed by atoms with E-state index in [0.29, 0.717) is 6.08 Å². The fraction of sp³-hybridized carbons (Fsp3) is 0. The van der Waals surface area contributed by atoms with Gasteiger partial charge in [0.05, 0.1) is 10.5 Å². The van der Waals surface area contributed by atoms with Crippen LogP contribution in [0.3, 0.4) is 0 Å². The average Bonchev–Trinajstić information content (AvgIpc) is 2.28. The minimum atomic E-state index is -1.75. The Morgan fingerprint density at radius 3 is 2.35 bits per heavy atom. The van der Waals surface area contributed by atoms with Gasteiger partial charge in [0, 0.05) is 12.1 Å². The third-order valence-corrected chi connectivity index (χ3v) is 1.86. The molecule has 7 nitrogen and oxygen atoms in total. The molecule has 0 aliphatic rings.